The van der Waals surface area contributed by atoms with E-state index in [-0.39, 0.29) is 33.9 Å². The molecule has 1 saturated heterocycles. The van der Waals surface area contributed by atoms with E-state index in [9.17, 15) is 9.59 Å². The third-order valence-electron chi connectivity index (χ3n) is 4.72. The summed E-state index contributed by atoms with van der Waals surface area (Å²) in [5, 5.41) is 2.67. The van der Waals surface area contributed by atoms with Crippen molar-refractivity contribution in [2.24, 2.45) is 4.99 Å². The van der Waals surface area contributed by atoms with Crippen molar-refractivity contribution < 1.29 is 9.59 Å². The number of carbonyl (C=O) groups is 2. The molecule has 1 aromatic heterocycles. The van der Waals surface area contributed by atoms with Crippen molar-refractivity contribution >= 4 is 40.9 Å². The van der Waals surface area contributed by atoms with Gasteiger partial charge in [0, 0.05) is 26.4 Å². The van der Waals surface area contributed by atoms with Crippen LogP contribution in [0, 0.1) is 0 Å². The number of carbonyl (C=O) groups excluding carboxylic acids is 2. The normalized spacial score (nSPS) is 19.0. The average Bonchev–Trinajstić information content (AvgIpc) is 2.93. The van der Waals surface area contributed by atoms with E-state index >= 15 is 0 Å². The minimum atomic E-state index is -0.510. The molecule has 2 amide bonds. The van der Waals surface area contributed by atoms with Gasteiger partial charge in [-0.05, 0) is 19.3 Å². The number of rotatable bonds is 1. The molecule has 0 saturated carbocycles. The Labute approximate surface area is 149 Å². The number of aliphatic imine (C=N–C) groups is 1. The number of nitrogens with one attached hydrogen (secondary N) is 1. The molecule has 5 N–H and O–H groups in total. The van der Waals surface area contributed by atoms with Crippen LogP contribution in [0.4, 0.5) is 11.6 Å². The highest BCUT2D eigenvalue weighted by atomic mass is 35.5. The van der Waals surface area contributed by atoms with Crippen LogP contribution in [0.3, 0.4) is 0 Å². The summed E-state index contributed by atoms with van der Waals surface area (Å²) in [5.41, 5.74) is 10.9. The lowest BCUT2D eigenvalue weighted by atomic mass is 9.86. The summed E-state index contributed by atoms with van der Waals surface area (Å²) in [7, 11) is 0. The molecule has 3 rings (SSSR count). The lowest BCUT2D eigenvalue weighted by molar-refractivity contribution is -0.130. The van der Waals surface area contributed by atoms with Crippen molar-refractivity contribution in [1.29, 1.82) is 0 Å². The first-order valence-corrected chi connectivity index (χ1v) is 8.41. The highest BCUT2D eigenvalue weighted by molar-refractivity contribution is 6.31. The third kappa shape index (κ3) is 3.51. The van der Waals surface area contributed by atoms with E-state index in [0.717, 1.165) is 19.3 Å². The van der Waals surface area contributed by atoms with Gasteiger partial charge in [0.15, 0.2) is 22.5 Å². The Kier molecular flexibility index (Phi) is 4.51. The largest absolute Gasteiger partial charge is 0.382 e. The van der Waals surface area contributed by atoms with Gasteiger partial charge in [-0.15, -0.1) is 0 Å². The average molecular weight is 366 g/mol. The van der Waals surface area contributed by atoms with Crippen molar-refractivity contribution in [3.8, 4) is 0 Å². The van der Waals surface area contributed by atoms with Crippen LogP contribution in [0.15, 0.2) is 4.99 Å². The number of hydrogen-bond acceptors (Lipinski definition) is 7. The number of amides is 2. The Bertz CT molecular complexity index is 756. The SMILES string of the molecule is CC(=O)N1CCC2(CCC(NC(=O)c3nc(Cl)c(N)nc3N)=N2)CC1. The summed E-state index contributed by atoms with van der Waals surface area (Å²) in [6, 6.07) is 0. The Hall–Kier alpha value is -2.42. The molecule has 1 aromatic rings. The van der Waals surface area contributed by atoms with Gasteiger partial charge in [-0.25, -0.2) is 9.97 Å². The topological polar surface area (TPSA) is 140 Å². The van der Waals surface area contributed by atoms with Crippen LogP contribution in [-0.2, 0) is 4.79 Å². The van der Waals surface area contributed by atoms with Gasteiger partial charge < -0.3 is 21.7 Å². The minimum absolute atomic E-state index is 0.0230. The molecule has 1 spiro atoms. The zero-order valence-electron chi connectivity index (χ0n) is 13.9. The van der Waals surface area contributed by atoms with Crippen LogP contribution in [0.2, 0.25) is 5.15 Å². The zero-order chi connectivity index (χ0) is 18.2. The molecule has 0 unspecified atom stereocenters. The zero-order valence-corrected chi connectivity index (χ0v) is 14.6. The van der Waals surface area contributed by atoms with E-state index in [1.54, 1.807) is 6.92 Å². The molecule has 25 heavy (non-hydrogen) atoms. The summed E-state index contributed by atoms with van der Waals surface area (Å²) in [6.45, 7) is 2.95. The fourth-order valence-corrected chi connectivity index (χ4v) is 3.36. The molecule has 0 radical (unpaired) electrons. The predicted octanol–water partition coefficient (Wildman–Crippen LogP) is 0.598. The molecule has 0 bridgehead atoms. The number of amidine groups is 1. The molecule has 10 heteroatoms. The predicted molar refractivity (Wildman–Crippen MR) is 94.2 cm³/mol. The van der Waals surface area contributed by atoms with E-state index in [1.807, 2.05) is 4.90 Å². The lowest BCUT2D eigenvalue weighted by Gasteiger charge is -2.36. The van der Waals surface area contributed by atoms with E-state index in [0.29, 0.717) is 25.3 Å². The first-order valence-electron chi connectivity index (χ1n) is 8.04. The molecule has 9 nitrogen and oxygen atoms in total. The number of halogens is 1. The van der Waals surface area contributed by atoms with Crippen LogP contribution >= 0.6 is 11.6 Å². The van der Waals surface area contributed by atoms with Crippen LogP contribution in [0.1, 0.15) is 43.1 Å². The summed E-state index contributed by atoms with van der Waals surface area (Å²) in [4.78, 5) is 38.0. The van der Waals surface area contributed by atoms with Crippen molar-refractivity contribution in [3.63, 3.8) is 0 Å². The molecule has 1 fully saturated rings. The van der Waals surface area contributed by atoms with Crippen LogP contribution in [0.5, 0.6) is 0 Å². The number of likely N-dealkylation sites (tertiary alicyclic amines) is 1. The highest BCUT2D eigenvalue weighted by Crippen LogP contribution is 2.35. The second kappa shape index (κ2) is 6.47. The van der Waals surface area contributed by atoms with Gasteiger partial charge in [-0.1, -0.05) is 11.6 Å². The fourth-order valence-electron chi connectivity index (χ4n) is 3.24. The number of hydrogen-bond donors (Lipinski definition) is 3. The van der Waals surface area contributed by atoms with Crippen molar-refractivity contribution in [1.82, 2.24) is 20.2 Å². The highest BCUT2D eigenvalue weighted by Gasteiger charge is 2.39. The maximum atomic E-state index is 12.4. The van der Waals surface area contributed by atoms with E-state index < -0.39 is 5.91 Å². The second-order valence-electron chi connectivity index (χ2n) is 6.38. The van der Waals surface area contributed by atoms with Crippen LogP contribution < -0.4 is 16.8 Å². The smallest absolute Gasteiger partial charge is 0.279 e. The number of nitrogens with zero attached hydrogens (tertiary/aromatic N) is 4. The van der Waals surface area contributed by atoms with E-state index in [2.05, 4.69) is 15.3 Å². The Balaban J connectivity index is 1.69. The third-order valence-corrected chi connectivity index (χ3v) is 4.99. The molecule has 0 aliphatic carbocycles. The Morgan fingerprint density at radius 3 is 2.48 bits per heavy atom. The summed E-state index contributed by atoms with van der Waals surface area (Å²) >= 11 is 5.81. The standard InChI is InChI=1S/C15H20ClN7O2/c1-8(24)23-6-4-15(5-7-23)3-2-9(22-15)19-14(25)10-12(17)21-13(18)11(16)20-10/h2-7H2,1H3,(H4,17,18,21)(H,19,22,25). The number of aromatic nitrogens is 2. The van der Waals surface area contributed by atoms with Gasteiger partial charge in [0.05, 0.1) is 5.54 Å². The van der Waals surface area contributed by atoms with Gasteiger partial charge >= 0.3 is 0 Å². The molecule has 2 aliphatic rings. The number of piperidine rings is 1. The van der Waals surface area contributed by atoms with Gasteiger partial charge in [0.25, 0.3) is 5.91 Å². The summed E-state index contributed by atoms with van der Waals surface area (Å²) < 4.78 is 0. The van der Waals surface area contributed by atoms with E-state index in [1.165, 1.54) is 0 Å². The number of nitrogens with two attached hydrogens (primary N) is 2. The summed E-state index contributed by atoms with van der Waals surface area (Å²) in [6.07, 6.45) is 3.09. The van der Waals surface area contributed by atoms with Gasteiger partial charge in [-0.3, -0.25) is 14.6 Å². The van der Waals surface area contributed by atoms with Gasteiger partial charge in [0.2, 0.25) is 5.91 Å². The van der Waals surface area contributed by atoms with Crippen molar-refractivity contribution in [2.75, 3.05) is 24.6 Å². The summed E-state index contributed by atoms with van der Waals surface area (Å²) in [5.74, 6) is 0.0616. The molecule has 2 aliphatic heterocycles. The minimum Gasteiger partial charge on any atom is -0.382 e. The second-order valence-corrected chi connectivity index (χ2v) is 6.73. The van der Waals surface area contributed by atoms with Gasteiger partial charge in [0.1, 0.15) is 5.84 Å². The molecule has 3 heterocycles. The quantitative estimate of drug-likeness (QED) is 0.665. The Morgan fingerprint density at radius 2 is 1.84 bits per heavy atom. The first-order chi connectivity index (χ1) is 11.8. The first kappa shape index (κ1) is 17.4. The molecule has 0 atom stereocenters. The number of nitrogen functional groups attached to an aromatic ring is 2. The maximum absolute atomic E-state index is 12.4. The van der Waals surface area contributed by atoms with Crippen LogP contribution in [-0.4, -0.2) is 51.1 Å². The monoisotopic (exact) mass is 365 g/mol. The van der Waals surface area contributed by atoms with Crippen molar-refractivity contribution in [3.05, 3.63) is 10.8 Å². The van der Waals surface area contributed by atoms with E-state index in [4.69, 9.17) is 28.1 Å². The molecule has 134 valence electrons. The molecule has 0 aromatic carbocycles. The molecular weight excluding hydrogens is 346 g/mol. The number of anilines is 2. The molecular formula is C15H20ClN7O2. The Morgan fingerprint density at radius 1 is 1.16 bits per heavy atom. The lowest BCUT2D eigenvalue weighted by Crippen LogP contribution is -2.44. The maximum Gasteiger partial charge on any atom is 0.279 e. The fraction of sp³-hybridized carbons (Fsp3) is 0.533. The van der Waals surface area contributed by atoms with Crippen LogP contribution in [0.25, 0.3) is 0 Å². The van der Waals surface area contributed by atoms with Gasteiger partial charge in [-0.2, -0.15) is 0 Å². The van der Waals surface area contributed by atoms with Crippen molar-refractivity contribution in [2.45, 2.75) is 38.1 Å².